The number of amides is 2. The average molecular weight is 129 g/mol. The molecule has 53 valence electrons. The fraction of sp³-hybridized carbons (Fsp3) is 0.667. The normalized spacial score (nSPS) is 9.78. The molecule has 0 bridgehead atoms. The van der Waals surface area contributed by atoms with Crippen LogP contribution in [0.2, 0.25) is 0 Å². The molecule has 0 fully saturated rings. The third-order valence-electron chi connectivity index (χ3n) is 0.930. The quantitative estimate of drug-likeness (QED) is 0.583. The largest absolute Gasteiger partial charge is 0.351 e. The Morgan fingerprint density at radius 3 is 2.11 bits per heavy atom. The highest BCUT2D eigenvalue weighted by Gasteiger charge is 2.03. The Morgan fingerprint density at radius 1 is 1.56 bits per heavy atom. The smallest absolute Gasteiger partial charge is 0.314 e. The number of hydrogen-bond acceptors (Lipinski definition) is 1. The molecule has 0 atom stereocenters. The van der Waals surface area contributed by atoms with Crippen LogP contribution in [0, 0.1) is 5.92 Å². The van der Waals surface area contributed by atoms with Crippen molar-refractivity contribution in [3.05, 3.63) is 5.92 Å². The van der Waals surface area contributed by atoms with Gasteiger partial charge in [-0.15, -0.1) is 0 Å². The van der Waals surface area contributed by atoms with Gasteiger partial charge in [0.1, 0.15) is 0 Å². The van der Waals surface area contributed by atoms with Gasteiger partial charge in [-0.3, -0.25) is 0 Å². The lowest BCUT2D eigenvalue weighted by molar-refractivity contribution is 0.220. The van der Waals surface area contributed by atoms with Crippen molar-refractivity contribution in [3.63, 3.8) is 0 Å². The van der Waals surface area contributed by atoms with Crippen LogP contribution in [0.5, 0.6) is 0 Å². The van der Waals surface area contributed by atoms with Crippen LogP contribution in [0.3, 0.4) is 0 Å². The molecule has 2 amide bonds. The van der Waals surface area contributed by atoms with E-state index >= 15 is 0 Å². The van der Waals surface area contributed by atoms with Gasteiger partial charge in [0.05, 0.1) is 0 Å². The Morgan fingerprint density at radius 2 is 2.00 bits per heavy atom. The maximum absolute atomic E-state index is 10.4. The Kier molecular flexibility index (Phi) is 3.06. The zero-order valence-electron chi connectivity index (χ0n) is 6.14. The predicted octanol–water partition coefficient (Wildman–Crippen LogP) is 0.611. The first-order valence-corrected chi connectivity index (χ1v) is 2.83. The topological polar surface area (TPSA) is 46.3 Å². The summed E-state index contributed by atoms with van der Waals surface area (Å²) < 4.78 is 0. The van der Waals surface area contributed by atoms with Crippen LogP contribution in [-0.2, 0) is 0 Å². The summed E-state index contributed by atoms with van der Waals surface area (Å²) in [5.41, 5.74) is 4.96. The average Bonchev–Trinajstić information content (AvgIpc) is 1.63. The molecule has 3 nitrogen and oxygen atoms in total. The van der Waals surface area contributed by atoms with Crippen LogP contribution in [0.4, 0.5) is 4.79 Å². The number of urea groups is 1. The van der Waals surface area contributed by atoms with E-state index in [1.54, 1.807) is 7.05 Å². The summed E-state index contributed by atoms with van der Waals surface area (Å²) in [7, 11) is 1.68. The van der Waals surface area contributed by atoms with Gasteiger partial charge in [0.25, 0.3) is 0 Å². The summed E-state index contributed by atoms with van der Waals surface area (Å²) in [6, 6.07) is -0.379. The number of carbonyl (C=O) groups excluding carboxylic acids is 1. The molecule has 2 N–H and O–H groups in total. The number of primary amides is 1. The van der Waals surface area contributed by atoms with E-state index in [0.717, 1.165) is 0 Å². The predicted molar refractivity (Wildman–Crippen MR) is 36.8 cm³/mol. The highest BCUT2D eigenvalue weighted by Crippen LogP contribution is 1.96. The van der Waals surface area contributed by atoms with Crippen molar-refractivity contribution in [2.75, 3.05) is 13.6 Å². The fourth-order valence-corrected chi connectivity index (χ4v) is 0.552. The lowest BCUT2D eigenvalue weighted by Crippen LogP contribution is -2.34. The van der Waals surface area contributed by atoms with Crippen molar-refractivity contribution < 1.29 is 4.79 Å². The van der Waals surface area contributed by atoms with Gasteiger partial charge in [-0.25, -0.2) is 4.79 Å². The van der Waals surface area contributed by atoms with Gasteiger partial charge in [0.2, 0.25) is 0 Å². The summed E-state index contributed by atoms with van der Waals surface area (Å²) in [4.78, 5) is 11.8. The Hall–Kier alpha value is -0.730. The Labute approximate surface area is 55.8 Å². The van der Waals surface area contributed by atoms with Crippen LogP contribution in [-0.4, -0.2) is 24.5 Å². The minimum atomic E-state index is -0.379. The summed E-state index contributed by atoms with van der Waals surface area (Å²) in [5.74, 6) is 1.18. The molecule has 0 saturated heterocycles. The maximum Gasteiger partial charge on any atom is 0.314 e. The SMILES string of the molecule is C[C](C)CN(C)C(N)=O. The molecule has 0 aromatic rings. The van der Waals surface area contributed by atoms with E-state index in [2.05, 4.69) is 0 Å². The van der Waals surface area contributed by atoms with Crippen LogP contribution in [0.25, 0.3) is 0 Å². The second kappa shape index (κ2) is 3.33. The van der Waals surface area contributed by atoms with E-state index in [9.17, 15) is 4.79 Å². The second-order valence-electron chi connectivity index (χ2n) is 2.40. The van der Waals surface area contributed by atoms with Gasteiger partial charge >= 0.3 is 6.03 Å². The molecular formula is C6H13N2O. The molecule has 0 aromatic carbocycles. The van der Waals surface area contributed by atoms with E-state index in [-0.39, 0.29) is 6.03 Å². The molecule has 0 aliphatic carbocycles. The molecule has 0 aliphatic rings. The molecule has 0 aliphatic heterocycles. The van der Waals surface area contributed by atoms with Gasteiger partial charge in [0, 0.05) is 13.6 Å². The van der Waals surface area contributed by atoms with Crippen molar-refractivity contribution in [1.82, 2.24) is 4.90 Å². The lowest BCUT2D eigenvalue weighted by atomic mass is 10.2. The van der Waals surface area contributed by atoms with Crippen molar-refractivity contribution in [2.24, 2.45) is 5.73 Å². The highest BCUT2D eigenvalue weighted by molar-refractivity contribution is 5.71. The van der Waals surface area contributed by atoms with Crippen LogP contribution in [0.15, 0.2) is 0 Å². The van der Waals surface area contributed by atoms with Gasteiger partial charge in [-0.2, -0.15) is 0 Å². The number of nitrogens with zero attached hydrogens (tertiary/aromatic N) is 1. The first kappa shape index (κ1) is 8.27. The van der Waals surface area contributed by atoms with Crippen LogP contribution in [0.1, 0.15) is 13.8 Å². The lowest BCUT2D eigenvalue weighted by Gasteiger charge is -2.15. The Balaban J connectivity index is 3.50. The van der Waals surface area contributed by atoms with E-state index < -0.39 is 0 Å². The molecule has 0 unspecified atom stereocenters. The minimum absolute atomic E-state index is 0.379. The standard InChI is InChI=1S/C6H13N2O/c1-5(2)4-8(3)6(7)9/h4H2,1-3H3,(H2,7,9). The molecular weight excluding hydrogens is 116 g/mol. The molecule has 0 rings (SSSR count). The van der Waals surface area contributed by atoms with Crippen LogP contribution >= 0.6 is 0 Å². The first-order valence-electron chi connectivity index (χ1n) is 2.83. The zero-order chi connectivity index (χ0) is 7.44. The van der Waals surface area contributed by atoms with Crippen molar-refractivity contribution in [1.29, 1.82) is 0 Å². The number of carbonyl (C=O) groups is 1. The molecule has 9 heavy (non-hydrogen) atoms. The molecule has 1 radical (unpaired) electrons. The van der Waals surface area contributed by atoms with E-state index in [4.69, 9.17) is 5.73 Å². The van der Waals surface area contributed by atoms with E-state index in [0.29, 0.717) is 6.54 Å². The monoisotopic (exact) mass is 129 g/mol. The first-order chi connectivity index (χ1) is 4.04. The maximum atomic E-state index is 10.4. The molecule has 3 heteroatoms. The molecule has 0 heterocycles. The van der Waals surface area contributed by atoms with Crippen molar-refractivity contribution >= 4 is 6.03 Å². The van der Waals surface area contributed by atoms with Gasteiger partial charge in [-0.1, -0.05) is 13.8 Å². The number of nitrogens with two attached hydrogens (primary N) is 1. The van der Waals surface area contributed by atoms with Crippen molar-refractivity contribution in [2.45, 2.75) is 13.8 Å². The van der Waals surface area contributed by atoms with Gasteiger partial charge in [0.15, 0.2) is 0 Å². The summed E-state index contributed by atoms with van der Waals surface area (Å²) >= 11 is 0. The third kappa shape index (κ3) is 3.82. The highest BCUT2D eigenvalue weighted by atomic mass is 16.2. The molecule has 0 saturated carbocycles. The number of hydrogen-bond donors (Lipinski definition) is 1. The summed E-state index contributed by atoms with van der Waals surface area (Å²) in [5, 5.41) is 0. The summed E-state index contributed by atoms with van der Waals surface area (Å²) in [6.45, 7) is 4.56. The van der Waals surface area contributed by atoms with Gasteiger partial charge in [-0.05, 0) is 5.92 Å². The van der Waals surface area contributed by atoms with Crippen molar-refractivity contribution in [3.8, 4) is 0 Å². The number of rotatable bonds is 2. The molecule has 0 spiro atoms. The fourth-order valence-electron chi connectivity index (χ4n) is 0.552. The van der Waals surface area contributed by atoms with E-state index in [1.165, 1.54) is 10.8 Å². The summed E-state index contributed by atoms with van der Waals surface area (Å²) in [6.07, 6.45) is 0. The minimum Gasteiger partial charge on any atom is -0.351 e. The Bertz CT molecular complexity index is 101. The molecule has 0 aromatic heterocycles. The third-order valence-corrected chi connectivity index (χ3v) is 0.930. The zero-order valence-corrected chi connectivity index (χ0v) is 6.14. The second-order valence-corrected chi connectivity index (χ2v) is 2.40. The van der Waals surface area contributed by atoms with Crippen LogP contribution < -0.4 is 5.73 Å². The van der Waals surface area contributed by atoms with Gasteiger partial charge < -0.3 is 10.6 Å². The van der Waals surface area contributed by atoms with E-state index in [1.807, 2.05) is 13.8 Å².